The van der Waals surface area contributed by atoms with Crippen molar-refractivity contribution in [2.45, 2.75) is 45.2 Å². The molecule has 34 heavy (non-hydrogen) atoms. The van der Waals surface area contributed by atoms with Gasteiger partial charge in [0.1, 0.15) is 5.75 Å². The van der Waals surface area contributed by atoms with E-state index in [2.05, 4.69) is 30.4 Å². The highest BCUT2D eigenvalue weighted by molar-refractivity contribution is 6.30. The number of hydrogen-bond acceptors (Lipinski definition) is 4. The van der Waals surface area contributed by atoms with Crippen molar-refractivity contribution in [3.63, 3.8) is 0 Å². The van der Waals surface area contributed by atoms with Gasteiger partial charge in [-0.25, -0.2) is 0 Å². The maximum absolute atomic E-state index is 9.96. The summed E-state index contributed by atoms with van der Waals surface area (Å²) in [5.74, 6) is 0.851. The molecule has 0 spiro atoms. The molecule has 0 aliphatic heterocycles. The van der Waals surface area contributed by atoms with Crippen LogP contribution in [0.25, 0.3) is 0 Å². The molecule has 3 rings (SSSR count). The third kappa shape index (κ3) is 6.17. The third-order valence-corrected chi connectivity index (χ3v) is 6.56. The lowest BCUT2D eigenvalue weighted by Gasteiger charge is -2.35. The van der Waals surface area contributed by atoms with Crippen molar-refractivity contribution in [3.8, 4) is 17.9 Å². The van der Waals surface area contributed by atoms with Gasteiger partial charge in [-0.15, -0.1) is 0 Å². The van der Waals surface area contributed by atoms with Gasteiger partial charge in [-0.05, 0) is 80.3 Å². The molecular formula is C29H30ClN3O. The molecule has 1 unspecified atom stereocenters. The average molecular weight is 472 g/mol. The van der Waals surface area contributed by atoms with Gasteiger partial charge >= 0.3 is 0 Å². The maximum atomic E-state index is 9.96. The predicted octanol–water partition coefficient (Wildman–Crippen LogP) is 6.82. The summed E-state index contributed by atoms with van der Waals surface area (Å²) in [5.41, 5.74) is 3.25. The van der Waals surface area contributed by atoms with Crippen molar-refractivity contribution < 1.29 is 4.74 Å². The molecular weight excluding hydrogens is 442 g/mol. The Morgan fingerprint density at radius 2 is 1.65 bits per heavy atom. The van der Waals surface area contributed by atoms with Crippen molar-refractivity contribution in [1.82, 2.24) is 5.32 Å². The first-order valence-corrected chi connectivity index (χ1v) is 11.7. The number of methoxy groups -OCH3 is 1. The van der Waals surface area contributed by atoms with Crippen LogP contribution in [0, 0.1) is 28.1 Å². The quantitative estimate of drug-likeness (QED) is 0.372. The topological polar surface area (TPSA) is 68.8 Å². The maximum Gasteiger partial charge on any atom is 0.118 e. The second-order valence-electron chi connectivity index (χ2n) is 9.17. The standard InChI is InChI=1S/C29H30ClN3O/c1-20(33-28(29(2,3)19-32)23-10-14-26(34-4)15-11-23)27(17-21-8-12-25(30)13-9-21)24-7-5-6-22(16-24)18-31/h5-16,20,27-28,33H,17H2,1-4H3/t20-,27?,28-/m0/s1. The van der Waals surface area contributed by atoms with Crippen LogP contribution in [-0.2, 0) is 6.42 Å². The molecule has 1 N–H and O–H groups in total. The monoisotopic (exact) mass is 471 g/mol. The van der Waals surface area contributed by atoms with E-state index in [-0.39, 0.29) is 18.0 Å². The molecule has 0 amide bonds. The Labute approximate surface area is 207 Å². The Kier molecular flexibility index (Phi) is 8.35. The molecule has 0 bridgehead atoms. The molecule has 0 fully saturated rings. The number of hydrogen-bond donors (Lipinski definition) is 1. The van der Waals surface area contributed by atoms with Crippen molar-refractivity contribution >= 4 is 11.6 Å². The van der Waals surface area contributed by atoms with Gasteiger partial charge in [0.2, 0.25) is 0 Å². The van der Waals surface area contributed by atoms with Gasteiger partial charge in [0.15, 0.2) is 0 Å². The zero-order chi connectivity index (χ0) is 24.7. The van der Waals surface area contributed by atoms with E-state index in [4.69, 9.17) is 16.3 Å². The van der Waals surface area contributed by atoms with Crippen molar-refractivity contribution in [2.24, 2.45) is 5.41 Å². The van der Waals surface area contributed by atoms with E-state index < -0.39 is 5.41 Å². The first kappa shape index (κ1) is 25.3. The van der Waals surface area contributed by atoms with E-state index in [9.17, 15) is 10.5 Å². The zero-order valence-corrected chi connectivity index (χ0v) is 20.8. The molecule has 4 nitrogen and oxygen atoms in total. The molecule has 0 aliphatic carbocycles. The van der Waals surface area contributed by atoms with Crippen LogP contribution in [0.15, 0.2) is 72.8 Å². The van der Waals surface area contributed by atoms with Gasteiger partial charge in [0.25, 0.3) is 0 Å². The number of benzene rings is 3. The van der Waals surface area contributed by atoms with Gasteiger partial charge < -0.3 is 10.1 Å². The summed E-state index contributed by atoms with van der Waals surface area (Å²) in [5, 5.41) is 23.9. The largest absolute Gasteiger partial charge is 0.497 e. The number of halogens is 1. The van der Waals surface area contributed by atoms with E-state index in [1.165, 1.54) is 0 Å². The van der Waals surface area contributed by atoms with Gasteiger partial charge in [-0.1, -0.05) is 48.0 Å². The fourth-order valence-electron chi connectivity index (χ4n) is 4.26. The Balaban J connectivity index is 1.98. The lowest BCUT2D eigenvalue weighted by molar-refractivity contribution is 0.281. The number of rotatable bonds is 9. The summed E-state index contributed by atoms with van der Waals surface area (Å²) in [6.45, 7) is 6.04. The van der Waals surface area contributed by atoms with Gasteiger partial charge in [0, 0.05) is 17.0 Å². The second kappa shape index (κ2) is 11.2. The lowest BCUT2D eigenvalue weighted by atomic mass is 9.79. The number of nitriles is 2. The lowest BCUT2D eigenvalue weighted by Crippen LogP contribution is -2.42. The highest BCUT2D eigenvalue weighted by atomic mass is 35.5. The van der Waals surface area contributed by atoms with Crippen molar-refractivity contribution in [2.75, 3.05) is 7.11 Å². The average Bonchev–Trinajstić information content (AvgIpc) is 2.86. The zero-order valence-electron chi connectivity index (χ0n) is 20.0. The molecule has 0 radical (unpaired) electrons. The van der Waals surface area contributed by atoms with E-state index >= 15 is 0 Å². The van der Waals surface area contributed by atoms with Gasteiger partial charge in [0.05, 0.1) is 36.3 Å². The number of ether oxygens (including phenoxy) is 1. The second-order valence-corrected chi connectivity index (χ2v) is 9.61. The number of nitrogens with zero attached hydrogens (tertiary/aromatic N) is 2. The molecule has 3 atom stereocenters. The Morgan fingerprint density at radius 3 is 2.24 bits per heavy atom. The minimum atomic E-state index is -0.651. The molecule has 0 aliphatic rings. The predicted molar refractivity (Wildman–Crippen MR) is 137 cm³/mol. The molecule has 3 aromatic carbocycles. The summed E-state index contributed by atoms with van der Waals surface area (Å²) < 4.78 is 5.31. The highest BCUT2D eigenvalue weighted by Gasteiger charge is 2.34. The number of nitrogens with one attached hydrogen (secondary N) is 1. The molecule has 0 saturated heterocycles. The minimum absolute atomic E-state index is 0.00403. The molecule has 0 heterocycles. The normalized spacial score (nSPS) is 13.9. The smallest absolute Gasteiger partial charge is 0.118 e. The van der Waals surface area contributed by atoms with E-state index in [1.807, 2.05) is 80.6 Å². The van der Waals surface area contributed by atoms with Crippen LogP contribution in [0.4, 0.5) is 0 Å². The summed E-state index contributed by atoms with van der Waals surface area (Å²) in [4.78, 5) is 0. The molecule has 3 aromatic rings. The summed E-state index contributed by atoms with van der Waals surface area (Å²) in [6, 6.07) is 28.0. The van der Waals surface area contributed by atoms with Crippen LogP contribution < -0.4 is 10.1 Å². The molecule has 0 aromatic heterocycles. The van der Waals surface area contributed by atoms with Crippen LogP contribution in [0.3, 0.4) is 0 Å². The Morgan fingerprint density at radius 1 is 0.971 bits per heavy atom. The van der Waals surface area contributed by atoms with E-state index in [0.29, 0.717) is 10.6 Å². The minimum Gasteiger partial charge on any atom is -0.497 e. The van der Waals surface area contributed by atoms with Crippen LogP contribution in [0.5, 0.6) is 5.75 Å². The van der Waals surface area contributed by atoms with E-state index in [1.54, 1.807) is 7.11 Å². The first-order chi connectivity index (χ1) is 16.3. The van der Waals surface area contributed by atoms with Crippen molar-refractivity contribution in [3.05, 3.63) is 100 Å². The fraction of sp³-hybridized carbons (Fsp3) is 0.310. The fourth-order valence-corrected chi connectivity index (χ4v) is 4.38. The van der Waals surface area contributed by atoms with Crippen molar-refractivity contribution in [1.29, 1.82) is 10.5 Å². The Bertz CT molecular complexity index is 1170. The van der Waals surface area contributed by atoms with E-state index in [0.717, 1.165) is 28.9 Å². The van der Waals surface area contributed by atoms with Crippen LogP contribution in [0.2, 0.25) is 5.02 Å². The Hall–Kier alpha value is -3.31. The third-order valence-electron chi connectivity index (χ3n) is 6.30. The summed E-state index contributed by atoms with van der Waals surface area (Å²) >= 11 is 6.10. The molecule has 5 heteroatoms. The van der Waals surface area contributed by atoms with Crippen LogP contribution >= 0.6 is 11.6 Å². The SMILES string of the molecule is COc1ccc([C@H](N[C@@H](C)C(Cc2ccc(Cl)cc2)c2cccc(C#N)c2)C(C)(C)C#N)cc1. The van der Waals surface area contributed by atoms with Gasteiger partial charge in [-0.3, -0.25) is 0 Å². The van der Waals surface area contributed by atoms with Crippen LogP contribution in [0.1, 0.15) is 55.0 Å². The summed E-state index contributed by atoms with van der Waals surface area (Å²) in [7, 11) is 1.64. The molecule has 0 saturated carbocycles. The summed E-state index contributed by atoms with van der Waals surface area (Å²) in [6.07, 6.45) is 0.766. The first-order valence-electron chi connectivity index (χ1n) is 11.3. The molecule has 174 valence electrons. The van der Waals surface area contributed by atoms with Gasteiger partial charge in [-0.2, -0.15) is 10.5 Å². The van der Waals surface area contributed by atoms with Crippen LogP contribution in [-0.4, -0.2) is 13.2 Å². The highest BCUT2D eigenvalue weighted by Crippen LogP contribution is 2.36.